The summed E-state index contributed by atoms with van der Waals surface area (Å²) in [4.78, 5) is 154. The number of ether oxygens (including phenoxy) is 5. The summed E-state index contributed by atoms with van der Waals surface area (Å²) in [5, 5.41) is 23.6. The second-order valence-electron chi connectivity index (χ2n) is 39.6. The Morgan fingerprint density at radius 3 is 1.05 bits per heavy atom. The molecular formula is C101H122N16O15. The molecule has 31 nitrogen and oxygen atoms in total. The number of nitrogens with zero attached hydrogens (tertiary/aromatic N) is 8. The molecule has 8 amide bonds. The molecule has 4 bridgehead atoms. The first-order valence-corrected chi connectivity index (χ1v) is 46.2. The highest BCUT2D eigenvalue weighted by Crippen LogP contribution is 2.60. The van der Waals surface area contributed by atoms with Crippen molar-refractivity contribution in [2.45, 2.75) is 219 Å². The van der Waals surface area contributed by atoms with Crippen molar-refractivity contribution in [1.82, 2.24) is 80.7 Å². The molecule has 8 heterocycles. The van der Waals surface area contributed by atoms with Crippen molar-refractivity contribution in [2.75, 3.05) is 41.5 Å². The summed E-state index contributed by atoms with van der Waals surface area (Å²) < 4.78 is 24.6. The Balaban J connectivity index is 0.000000172. The molecule has 8 aliphatic rings. The molecule has 8 fully saturated rings. The standard InChI is InChI=1S/C48H56N8O6.C46H53N7O5.C7H13NO4/c1-26(2)39(53-46(59)61-5)44(57)55-25-48(17-18-48)22-38(55)42-49-23-36(51-42)29-9-7-28(8-10-29)30-11-12-32-20-33(14-13-31(32)19-30)37-24-50-43(52-37)41-34-15-16-35(21-34)56(41)45(58)40(27(3)4)54-47(60)62-6;1-26(2)38(51-43(55)57-6)42(54)52-25-46(17-18-46)22-37(52)40-47-23-35(49-40)28-9-7-27(8-10-28)29-11-12-31-20-32(14-13-30(31)19-29)36-24-48-41(50-36)39-33-15-16-34(21-33)53(39)44(56)58-45(3,4)5;1-4(2)5(6(9)10)8-7(11)12-3/h7-14,19-20,23-24,26-27,34-35,38-41H,15-18,21-22,25H2,1-6H3,(H,49,51)(H,50,52)(H,53,59)(H,54,60);7-14,19-20,23-24,26,33-34,37-39H,15-18,21-22,25H2,1-6H3,(H,47,49)(H,48,50)(H,51,55);4-5H,1-3H3,(H,8,11)(H,9,10)/t34-,35+,38-,39-,40-,41-;33-,34+,37-,38-,39-;5-/m000/s1. The van der Waals surface area contributed by atoms with Crippen molar-refractivity contribution in [3.63, 3.8) is 0 Å². The van der Waals surface area contributed by atoms with Gasteiger partial charge in [0.25, 0.3) is 0 Å². The zero-order valence-corrected chi connectivity index (χ0v) is 77.7. The minimum Gasteiger partial charge on any atom is -0.480 e. The fraction of sp³-hybridized carbons (Fsp3) is 0.475. The largest absolute Gasteiger partial charge is 0.480 e. The number of imidazole rings is 4. The Hall–Kier alpha value is -13.1. The van der Waals surface area contributed by atoms with Crippen LogP contribution in [-0.4, -0.2) is 202 Å². The van der Waals surface area contributed by atoms with Gasteiger partial charge in [0.2, 0.25) is 17.7 Å². The SMILES string of the molecule is COC(=O)N[C@H](C(=O)N1CC2(CC2)C[C@H]1c1ncc(-c2ccc(-c3ccc4cc(-c5cnc([C@@H]6[C@H]7CC[C@H](C7)N6C(=O)OC(C)(C)C)[nH]5)ccc4c3)cc2)[nH]1)C(C)C.COC(=O)N[C@H](C(=O)N1CC2(CC2)C[C@H]1c1ncc(-c2ccc(-c3ccc4cc(-c5cnc([C@@H]6[C@H]7CC[C@H](C7)N6C(=O)[C@@H](NC(=O)OC)C(C)C)[nH]5)ccc4c3)cc2)[nH]1)C(C)C.COC(=O)N[C@H](C(=O)O)C(C)C. The van der Waals surface area contributed by atoms with E-state index in [2.05, 4.69) is 167 Å². The van der Waals surface area contributed by atoms with E-state index in [1.807, 2.05) is 107 Å². The van der Waals surface area contributed by atoms with Crippen LogP contribution in [0.3, 0.4) is 0 Å². The number of hydrogen-bond donors (Lipinski definition) is 9. The number of benzene rings is 6. The maximum atomic E-state index is 14.0. The van der Waals surface area contributed by atoms with Crippen LogP contribution in [0.5, 0.6) is 0 Å². The Labute approximate surface area is 768 Å². The van der Waals surface area contributed by atoms with E-state index in [9.17, 15) is 43.2 Å². The van der Waals surface area contributed by atoms with E-state index >= 15 is 0 Å². The van der Waals surface area contributed by atoms with Gasteiger partial charge in [-0.25, -0.2) is 48.7 Å². The topological polar surface area (TPSA) is 396 Å². The van der Waals surface area contributed by atoms with Crippen molar-refractivity contribution in [3.8, 4) is 67.3 Å². The Kier molecular flexibility index (Phi) is 26.3. The fourth-order valence-electron chi connectivity index (χ4n) is 20.5. The Morgan fingerprint density at radius 1 is 0.394 bits per heavy atom. The first-order chi connectivity index (χ1) is 63.1. The molecule has 0 unspecified atom stereocenters. The number of rotatable bonds is 22. The summed E-state index contributed by atoms with van der Waals surface area (Å²) in [6.07, 6.45) is 16.7. The molecule has 696 valence electrons. The van der Waals surface area contributed by atoms with Crippen LogP contribution in [0.4, 0.5) is 24.0 Å². The molecule has 4 saturated heterocycles. The van der Waals surface area contributed by atoms with Crippen LogP contribution in [0.2, 0.25) is 0 Å². The van der Waals surface area contributed by atoms with Crippen LogP contribution in [-0.2, 0) is 42.9 Å². The highest BCUT2D eigenvalue weighted by molar-refractivity contribution is 5.94. The number of piperidine rings is 2. The van der Waals surface area contributed by atoms with Crippen LogP contribution in [0.15, 0.2) is 146 Å². The van der Waals surface area contributed by atoms with Crippen molar-refractivity contribution < 1.29 is 71.9 Å². The van der Waals surface area contributed by atoms with Gasteiger partial charge in [0.15, 0.2) is 0 Å². The summed E-state index contributed by atoms with van der Waals surface area (Å²) >= 11 is 0. The number of carboxylic acid groups (broad SMARTS) is 1. The molecule has 4 aromatic heterocycles. The number of carbonyl (C=O) groups excluding carboxylic acids is 8. The summed E-state index contributed by atoms with van der Waals surface area (Å²) in [7, 11) is 5.12. The van der Waals surface area contributed by atoms with E-state index in [0.29, 0.717) is 24.9 Å². The van der Waals surface area contributed by atoms with E-state index in [1.54, 1.807) is 13.8 Å². The monoisotopic (exact) mass is 1800 g/mol. The van der Waals surface area contributed by atoms with Gasteiger partial charge in [0.1, 0.15) is 53.1 Å². The number of carboxylic acids is 1. The Morgan fingerprint density at radius 2 is 0.697 bits per heavy atom. The number of fused-ring (bicyclic) bond motifs is 6. The number of amides is 8. The molecule has 2 spiro atoms. The maximum absolute atomic E-state index is 14.0. The molecule has 18 rings (SSSR count). The van der Waals surface area contributed by atoms with Gasteiger partial charge in [-0.05, 0) is 223 Å². The molecule has 12 atom stereocenters. The second-order valence-corrected chi connectivity index (χ2v) is 39.6. The van der Waals surface area contributed by atoms with Gasteiger partial charge in [-0.3, -0.25) is 19.3 Å². The number of nitrogens with one attached hydrogen (secondary N) is 8. The fourth-order valence-corrected chi connectivity index (χ4v) is 20.5. The molecule has 9 N–H and O–H groups in total. The smallest absolute Gasteiger partial charge is 0.411 e. The molecule has 10 aromatic rings. The lowest BCUT2D eigenvalue weighted by atomic mass is 9.95. The maximum Gasteiger partial charge on any atom is 0.411 e. The van der Waals surface area contributed by atoms with Gasteiger partial charge in [-0.2, -0.15) is 0 Å². The van der Waals surface area contributed by atoms with Crippen LogP contribution < -0.4 is 21.3 Å². The zero-order chi connectivity index (χ0) is 93.7. The zero-order valence-electron chi connectivity index (χ0n) is 77.7. The number of aliphatic carboxylic acids is 1. The average Bonchev–Trinajstić information content (AvgIpc) is 1.58. The van der Waals surface area contributed by atoms with Gasteiger partial charge in [-0.15, -0.1) is 0 Å². The van der Waals surface area contributed by atoms with E-state index in [0.717, 1.165) is 189 Å². The summed E-state index contributed by atoms with van der Waals surface area (Å²) in [6, 6.07) is 39.5. The number of hydrogen-bond acceptors (Lipinski definition) is 18. The Bertz CT molecular complexity index is 5960. The average molecular weight is 1800 g/mol. The highest BCUT2D eigenvalue weighted by atomic mass is 16.6. The number of carbonyl (C=O) groups is 9. The number of H-pyrrole nitrogens is 4. The predicted octanol–water partition coefficient (Wildman–Crippen LogP) is 17.8. The van der Waals surface area contributed by atoms with Gasteiger partial charge in [-0.1, -0.05) is 152 Å². The third-order valence-electron chi connectivity index (χ3n) is 28.0. The first-order valence-electron chi connectivity index (χ1n) is 46.2. The van der Waals surface area contributed by atoms with Gasteiger partial charge in [0.05, 0.1) is 100 Å². The number of alkyl carbamates (subject to hydrolysis) is 4. The molecule has 132 heavy (non-hydrogen) atoms. The van der Waals surface area contributed by atoms with Crippen molar-refractivity contribution in [2.24, 2.45) is 46.3 Å². The lowest BCUT2D eigenvalue weighted by Crippen LogP contribution is -2.54. The molecule has 4 aliphatic carbocycles. The number of aromatic nitrogens is 8. The normalized spacial score (nSPS) is 21.4. The van der Waals surface area contributed by atoms with Crippen LogP contribution in [0, 0.1) is 46.3 Å². The third kappa shape index (κ3) is 19.5. The van der Waals surface area contributed by atoms with Gasteiger partial charge in [0, 0.05) is 36.3 Å². The van der Waals surface area contributed by atoms with E-state index in [4.69, 9.17) is 44.0 Å². The second kappa shape index (κ2) is 37.6. The lowest BCUT2D eigenvalue weighted by molar-refractivity contribution is -0.141. The predicted molar refractivity (Wildman–Crippen MR) is 498 cm³/mol. The van der Waals surface area contributed by atoms with Crippen molar-refractivity contribution >= 4 is 75.7 Å². The molecule has 6 aromatic carbocycles. The summed E-state index contributed by atoms with van der Waals surface area (Å²) in [5.41, 5.74) is 11.8. The third-order valence-corrected chi connectivity index (χ3v) is 28.0. The first kappa shape index (κ1) is 92.2. The molecule has 31 heteroatoms. The highest BCUT2D eigenvalue weighted by Gasteiger charge is 2.58. The molecular weight excluding hydrogens is 1680 g/mol. The number of aromatic amines is 4. The van der Waals surface area contributed by atoms with Crippen LogP contribution >= 0.6 is 0 Å². The minimum atomic E-state index is -1.06. The quantitative estimate of drug-likeness (QED) is 0.0285. The lowest BCUT2D eigenvalue weighted by Gasteiger charge is -2.37. The summed E-state index contributed by atoms with van der Waals surface area (Å²) in [5.74, 6) is 2.00. The number of likely N-dealkylation sites (tertiary alicyclic amines) is 4. The van der Waals surface area contributed by atoms with Gasteiger partial charge >= 0.3 is 36.4 Å². The van der Waals surface area contributed by atoms with Crippen LogP contribution in [0.25, 0.3) is 88.8 Å². The molecule has 4 aliphatic heterocycles. The number of methoxy groups -OCH3 is 4. The van der Waals surface area contributed by atoms with Crippen LogP contribution in [0.1, 0.15) is 201 Å². The van der Waals surface area contributed by atoms with E-state index in [-0.39, 0.29) is 94.6 Å². The molecule has 4 saturated carbocycles. The van der Waals surface area contributed by atoms with E-state index < -0.39 is 60.1 Å². The van der Waals surface area contributed by atoms with Crippen molar-refractivity contribution in [1.29, 1.82) is 0 Å². The van der Waals surface area contributed by atoms with Gasteiger partial charge < -0.3 is 84.7 Å². The van der Waals surface area contributed by atoms with E-state index in [1.165, 1.54) is 28.4 Å². The molecule has 0 radical (unpaired) electrons. The summed E-state index contributed by atoms with van der Waals surface area (Å²) in [6.45, 7) is 22.0. The minimum absolute atomic E-state index is 0.0905. The van der Waals surface area contributed by atoms with Crippen molar-refractivity contribution in [3.05, 3.63) is 169 Å².